The topological polar surface area (TPSA) is 41.1 Å². The third-order valence-corrected chi connectivity index (χ3v) is 4.35. The molecule has 2 aromatic rings. The summed E-state index contributed by atoms with van der Waals surface area (Å²) in [7, 11) is 1.80. The molecular formula is C16H16N2OS. The van der Waals surface area contributed by atoms with Crippen LogP contribution in [0.3, 0.4) is 0 Å². The molecule has 4 heteroatoms. The highest BCUT2D eigenvalue weighted by atomic mass is 32.2. The van der Waals surface area contributed by atoms with E-state index >= 15 is 0 Å². The van der Waals surface area contributed by atoms with Crippen molar-refractivity contribution in [2.24, 2.45) is 0 Å². The van der Waals surface area contributed by atoms with E-state index in [0.717, 1.165) is 16.1 Å². The van der Waals surface area contributed by atoms with Gasteiger partial charge in [0.25, 0.3) is 0 Å². The molecule has 0 bridgehead atoms. The van der Waals surface area contributed by atoms with Crippen LogP contribution >= 0.6 is 11.8 Å². The summed E-state index contributed by atoms with van der Waals surface area (Å²) in [6.07, 6.45) is 0. The van der Waals surface area contributed by atoms with E-state index in [0.29, 0.717) is 0 Å². The molecule has 1 amide bonds. The Labute approximate surface area is 122 Å². The van der Waals surface area contributed by atoms with Gasteiger partial charge in [-0.15, -0.1) is 0 Å². The van der Waals surface area contributed by atoms with Crippen LogP contribution in [0, 0.1) is 6.92 Å². The standard InChI is InChI=1S/C16H16N2OS/c1-10-4-3-5-11(8-10)20-12-6-7-13-14(9-12)18-16(19)15(13)17-2/h3-9,15,17H,1-2H3,(H,18,19). The molecule has 0 spiro atoms. The van der Waals surface area contributed by atoms with E-state index in [1.165, 1.54) is 10.5 Å². The van der Waals surface area contributed by atoms with Crippen LogP contribution in [0.25, 0.3) is 0 Å². The molecule has 0 radical (unpaired) electrons. The van der Waals surface area contributed by atoms with Crippen molar-refractivity contribution in [2.75, 3.05) is 12.4 Å². The van der Waals surface area contributed by atoms with E-state index < -0.39 is 0 Å². The van der Waals surface area contributed by atoms with Crippen molar-refractivity contribution in [3.8, 4) is 0 Å². The first kappa shape index (κ1) is 13.2. The molecule has 2 N–H and O–H groups in total. The number of nitrogens with one attached hydrogen (secondary N) is 2. The van der Waals surface area contributed by atoms with Crippen molar-refractivity contribution in [1.82, 2.24) is 5.32 Å². The van der Waals surface area contributed by atoms with Crippen LogP contribution in [-0.2, 0) is 4.79 Å². The Balaban J connectivity index is 1.87. The zero-order chi connectivity index (χ0) is 14.1. The number of benzene rings is 2. The maximum atomic E-state index is 11.8. The number of carbonyl (C=O) groups excluding carboxylic acids is 1. The molecule has 102 valence electrons. The molecule has 0 saturated carbocycles. The normalized spacial score (nSPS) is 16.9. The second kappa shape index (κ2) is 5.31. The van der Waals surface area contributed by atoms with Gasteiger partial charge in [0.15, 0.2) is 0 Å². The van der Waals surface area contributed by atoms with E-state index in [1.54, 1.807) is 18.8 Å². The first-order valence-corrected chi connectivity index (χ1v) is 7.35. The maximum absolute atomic E-state index is 11.8. The summed E-state index contributed by atoms with van der Waals surface area (Å²) < 4.78 is 0. The first-order valence-electron chi connectivity index (χ1n) is 6.54. The molecule has 0 aliphatic carbocycles. The highest BCUT2D eigenvalue weighted by Crippen LogP contribution is 2.36. The number of anilines is 1. The quantitative estimate of drug-likeness (QED) is 0.908. The predicted octanol–water partition coefficient (Wildman–Crippen LogP) is 3.36. The minimum atomic E-state index is -0.233. The van der Waals surface area contributed by atoms with Crippen molar-refractivity contribution < 1.29 is 4.79 Å². The van der Waals surface area contributed by atoms with Crippen LogP contribution < -0.4 is 10.6 Å². The van der Waals surface area contributed by atoms with Gasteiger partial charge in [0, 0.05) is 21.0 Å². The SMILES string of the molecule is CNC1C(=O)Nc2cc(Sc3cccc(C)c3)ccc21. The van der Waals surface area contributed by atoms with Crippen molar-refractivity contribution in [2.45, 2.75) is 22.8 Å². The highest BCUT2D eigenvalue weighted by molar-refractivity contribution is 7.99. The number of rotatable bonds is 3. The Morgan fingerprint density at radius 3 is 2.70 bits per heavy atom. The number of hydrogen-bond acceptors (Lipinski definition) is 3. The molecule has 1 unspecified atom stereocenters. The maximum Gasteiger partial charge on any atom is 0.246 e. The number of likely N-dealkylation sites (N-methyl/N-ethyl adjacent to an activating group) is 1. The summed E-state index contributed by atoms with van der Waals surface area (Å²) in [6, 6.07) is 14.3. The van der Waals surface area contributed by atoms with Gasteiger partial charge in [-0.2, -0.15) is 0 Å². The summed E-state index contributed by atoms with van der Waals surface area (Å²) in [4.78, 5) is 14.1. The lowest BCUT2D eigenvalue weighted by molar-refractivity contribution is -0.117. The molecule has 2 aromatic carbocycles. The van der Waals surface area contributed by atoms with Gasteiger partial charge in [0.2, 0.25) is 5.91 Å². The number of hydrogen-bond donors (Lipinski definition) is 2. The molecule has 1 atom stereocenters. The number of carbonyl (C=O) groups is 1. The molecule has 1 heterocycles. The van der Waals surface area contributed by atoms with Gasteiger partial charge in [0.1, 0.15) is 6.04 Å². The Morgan fingerprint density at radius 2 is 1.95 bits per heavy atom. The van der Waals surface area contributed by atoms with E-state index in [1.807, 2.05) is 12.1 Å². The van der Waals surface area contributed by atoms with E-state index in [9.17, 15) is 4.79 Å². The van der Waals surface area contributed by atoms with Crippen molar-refractivity contribution in [3.63, 3.8) is 0 Å². The van der Waals surface area contributed by atoms with Crippen LogP contribution in [0.2, 0.25) is 0 Å². The minimum absolute atomic E-state index is 0.0141. The van der Waals surface area contributed by atoms with Crippen LogP contribution in [0.4, 0.5) is 5.69 Å². The predicted molar refractivity (Wildman–Crippen MR) is 82.2 cm³/mol. The molecule has 0 aromatic heterocycles. The average Bonchev–Trinajstić information content (AvgIpc) is 2.73. The zero-order valence-corrected chi connectivity index (χ0v) is 12.3. The van der Waals surface area contributed by atoms with Crippen molar-refractivity contribution >= 4 is 23.4 Å². The number of amides is 1. The van der Waals surface area contributed by atoms with Gasteiger partial charge >= 0.3 is 0 Å². The Bertz CT molecular complexity index is 669. The molecule has 0 saturated heterocycles. The second-order valence-electron chi connectivity index (χ2n) is 4.88. The summed E-state index contributed by atoms with van der Waals surface area (Å²) in [6.45, 7) is 2.09. The fraction of sp³-hybridized carbons (Fsp3) is 0.188. The van der Waals surface area contributed by atoms with Crippen LogP contribution in [-0.4, -0.2) is 13.0 Å². The lowest BCUT2D eigenvalue weighted by Crippen LogP contribution is -2.23. The smallest absolute Gasteiger partial charge is 0.246 e. The molecule has 3 nitrogen and oxygen atoms in total. The molecule has 1 aliphatic rings. The van der Waals surface area contributed by atoms with Gasteiger partial charge in [0.05, 0.1) is 0 Å². The van der Waals surface area contributed by atoms with Gasteiger partial charge < -0.3 is 10.6 Å². The summed E-state index contributed by atoms with van der Waals surface area (Å²) in [5.41, 5.74) is 3.18. The fourth-order valence-corrected chi connectivity index (χ4v) is 3.38. The van der Waals surface area contributed by atoms with Crippen LogP contribution in [0.1, 0.15) is 17.2 Å². The van der Waals surface area contributed by atoms with E-state index in [-0.39, 0.29) is 11.9 Å². The second-order valence-corrected chi connectivity index (χ2v) is 6.03. The van der Waals surface area contributed by atoms with Gasteiger partial charge in [-0.3, -0.25) is 4.79 Å². The minimum Gasteiger partial charge on any atom is -0.324 e. The first-order chi connectivity index (χ1) is 9.67. The number of aryl methyl sites for hydroxylation is 1. The summed E-state index contributed by atoms with van der Waals surface area (Å²) >= 11 is 1.71. The third-order valence-electron chi connectivity index (χ3n) is 3.37. The number of fused-ring (bicyclic) bond motifs is 1. The molecular weight excluding hydrogens is 268 g/mol. The summed E-state index contributed by atoms with van der Waals surface area (Å²) in [5.74, 6) is 0.0141. The Hall–Kier alpha value is -1.78. The van der Waals surface area contributed by atoms with Gasteiger partial charge in [-0.25, -0.2) is 0 Å². The molecule has 3 rings (SSSR count). The van der Waals surface area contributed by atoms with Gasteiger partial charge in [-0.05, 0) is 38.2 Å². The fourth-order valence-electron chi connectivity index (χ4n) is 2.41. The lowest BCUT2D eigenvalue weighted by atomic mass is 10.1. The van der Waals surface area contributed by atoms with Crippen molar-refractivity contribution in [3.05, 3.63) is 53.6 Å². The molecule has 0 fully saturated rings. The van der Waals surface area contributed by atoms with Gasteiger partial charge in [-0.1, -0.05) is 35.5 Å². The Morgan fingerprint density at radius 1 is 1.15 bits per heavy atom. The average molecular weight is 284 g/mol. The van der Waals surface area contributed by atoms with Crippen LogP contribution in [0.5, 0.6) is 0 Å². The molecule has 20 heavy (non-hydrogen) atoms. The van der Waals surface area contributed by atoms with Crippen LogP contribution in [0.15, 0.2) is 52.3 Å². The zero-order valence-electron chi connectivity index (χ0n) is 11.4. The van der Waals surface area contributed by atoms with E-state index in [4.69, 9.17) is 0 Å². The largest absolute Gasteiger partial charge is 0.324 e. The third kappa shape index (κ3) is 2.44. The molecule has 1 aliphatic heterocycles. The van der Waals surface area contributed by atoms with E-state index in [2.05, 4.69) is 47.9 Å². The Kier molecular flexibility index (Phi) is 3.51. The summed E-state index contributed by atoms with van der Waals surface area (Å²) in [5, 5.41) is 5.95. The van der Waals surface area contributed by atoms with Crippen molar-refractivity contribution in [1.29, 1.82) is 0 Å². The lowest BCUT2D eigenvalue weighted by Gasteiger charge is -2.08. The highest BCUT2D eigenvalue weighted by Gasteiger charge is 2.28. The monoisotopic (exact) mass is 284 g/mol.